The summed E-state index contributed by atoms with van der Waals surface area (Å²) in [5, 5.41) is 7.24. The largest absolute Gasteiger partial charge is 0.362 e. The summed E-state index contributed by atoms with van der Waals surface area (Å²) in [6, 6.07) is 15.1. The average Bonchev–Trinajstić information content (AvgIpc) is 2.49. The van der Waals surface area contributed by atoms with Gasteiger partial charge in [0.15, 0.2) is 5.11 Å². The fourth-order valence-corrected chi connectivity index (χ4v) is 3.72. The number of hydrogen-bond acceptors (Lipinski definition) is 2. The van der Waals surface area contributed by atoms with E-state index in [4.69, 9.17) is 12.2 Å². The Morgan fingerprint density at radius 1 is 1.00 bits per heavy atom. The molecule has 0 unspecified atom stereocenters. The van der Waals surface area contributed by atoms with Crippen LogP contribution in [-0.4, -0.2) is 17.4 Å². The molecular formula is C20H26N2S2. The Hall–Kier alpha value is -1.52. The van der Waals surface area contributed by atoms with Gasteiger partial charge in [-0.2, -0.15) is 11.8 Å². The molecule has 0 aliphatic carbocycles. The quantitative estimate of drug-likeness (QED) is 0.523. The molecule has 24 heavy (non-hydrogen) atoms. The van der Waals surface area contributed by atoms with Crippen molar-refractivity contribution in [2.75, 3.05) is 17.6 Å². The van der Waals surface area contributed by atoms with Gasteiger partial charge in [-0.15, -0.1) is 0 Å². The van der Waals surface area contributed by atoms with Crippen LogP contribution in [0.1, 0.15) is 28.7 Å². The highest BCUT2D eigenvalue weighted by atomic mass is 32.2. The van der Waals surface area contributed by atoms with Crippen LogP contribution in [0.25, 0.3) is 0 Å². The van der Waals surface area contributed by atoms with E-state index in [2.05, 4.69) is 73.9 Å². The molecule has 2 N–H and O–H groups in total. The molecular weight excluding hydrogens is 332 g/mol. The summed E-state index contributed by atoms with van der Waals surface area (Å²) in [6.45, 7) is 7.24. The molecule has 0 radical (unpaired) electrons. The number of rotatable bonds is 7. The van der Waals surface area contributed by atoms with Gasteiger partial charge >= 0.3 is 0 Å². The van der Waals surface area contributed by atoms with Crippen molar-refractivity contribution >= 4 is 34.8 Å². The third-order valence-electron chi connectivity index (χ3n) is 3.58. The lowest BCUT2D eigenvalue weighted by Gasteiger charge is -2.11. The second kappa shape index (κ2) is 9.70. The molecule has 2 aromatic rings. The van der Waals surface area contributed by atoms with Crippen LogP contribution in [0.15, 0.2) is 42.5 Å². The van der Waals surface area contributed by atoms with E-state index in [-0.39, 0.29) is 0 Å². The monoisotopic (exact) mass is 358 g/mol. The Kier molecular flexibility index (Phi) is 7.60. The first kappa shape index (κ1) is 18.8. The van der Waals surface area contributed by atoms with Crippen LogP contribution in [-0.2, 0) is 5.75 Å². The Labute approximate surface area is 155 Å². The molecule has 0 atom stereocenters. The summed E-state index contributed by atoms with van der Waals surface area (Å²) in [7, 11) is 0. The number of thioether (sulfide) groups is 1. The van der Waals surface area contributed by atoms with Gasteiger partial charge in [-0.25, -0.2) is 0 Å². The van der Waals surface area contributed by atoms with E-state index in [9.17, 15) is 0 Å². The summed E-state index contributed by atoms with van der Waals surface area (Å²) < 4.78 is 0. The predicted octanol–water partition coefficient (Wildman–Crippen LogP) is 5.22. The van der Waals surface area contributed by atoms with E-state index in [1.54, 1.807) is 0 Å². The minimum Gasteiger partial charge on any atom is -0.362 e. The summed E-state index contributed by atoms with van der Waals surface area (Å²) in [4.78, 5) is 0. The normalized spacial score (nSPS) is 10.5. The zero-order valence-electron chi connectivity index (χ0n) is 14.7. The summed E-state index contributed by atoms with van der Waals surface area (Å²) in [5.74, 6) is 2.21. The standard InChI is InChI=1S/C20H26N2S2/c1-15-6-4-7-18(11-15)14-24-9-5-8-21-20(23)22-19-12-16(2)10-17(3)13-19/h4,6-7,10-13H,5,8-9,14H2,1-3H3,(H2,21,22,23). The number of hydrogen-bond donors (Lipinski definition) is 2. The van der Waals surface area contributed by atoms with E-state index < -0.39 is 0 Å². The molecule has 0 spiro atoms. The van der Waals surface area contributed by atoms with Crippen LogP contribution >= 0.6 is 24.0 Å². The predicted molar refractivity (Wildman–Crippen MR) is 112 cm³/mol. The minimum atomic E-state index is 0.698. The molecule has 0 saturated heterocycles. The molecule has 0 aliphatic heterocycles. The first-order valence-corrected chi connectivity index (χ1v) is 9.85. The second-order valence-corrected chi connectivity index (χ2v) is 7.67. The van der Waals surface area contributed by atoms with Crippen LogP contribution < -0.4 is 10.6 Å². The fourth-order valence-electron chi connectivity index (χ4n) is 2.59. The molecule has 2 aromatic carbocycles. The van der Waals surface area contributed by atoms with E-state index in [1.165, 1.54) is 22.3 Å². The maximum absolute atomic E-state index is 5.36. The highest BCUT2D eigenvalue weighted by Gasteiger charge is 2.00. The van der Waals surface area contributed by atoms with E-state index in [0.29, 0.717) is 5.11 Å². The minimum absolute atomic E-state index is 0.698. The number of nitrogens with one attached hydrogen (secondary N) is 2. The molecule has 0 bridgehead atoms. The maximum Gasteiger partial charge on any atom is 0.170 e. The molecule has 0 heterocycles. The second-order valence-electron chi connectivity index (χ2n) is 6.15. The summed E-state index contributed by atoms with van der Waals surface area (Å²) in [5.41, 5.74) is 6.28. The van der Waals surface area contributed by atoms with E-state index in [0.717, 1.165) is 30.2 Å². The van der Waals surface area contributed by atoms with Crippen molar-refractivity contribution in [1.82, 2.24) is 5.32 Å². The lowest BCUT2D eigenvalue weighted by Crippen LogP contribution is -2.29. The Morgan fingerprint density at radius 3 is 2.46 bits per heavy atom. The van der Waals surface area contributed by atoms with Crippen molar-refractivity contribution in [1.29, 1.82) is 0 Å². The molecule has 2 nitrogen and oxygen atoms in total. The number of anilines is 1. The van der Waals surface area contributed by atoms with Gasteiger partial charge in [0.25, 0.3) is 0 Å². The smallest absolute Gasteiger partial charge is 0.170 e. The lowest BCUT2D eigenvalue weighted by atomic mass is 10.1. The molecule has 0 amide bonds. The lowest BCUT2D eigenvalue weighted by molar-refractivity contribution is 0.854. The van der Waals surface area contributed by atoms with Gasteiger partial charge in [-0.1, -0.05) is 35.9 Å². The van der Waals surface area contributed by atoms with Gasteiger partial charge < -0.3 is 10.6 Å². The first-order chi connectivity index (χ1) is 11.5. The van der Waals surface area contributed by atoms with Gasteiger partial charge in [0.1, 0.15) is 0 Å². The summed E-state index contributed by atoms with van der Waals surface area (Å²) >= 11 is 7.33. The van der Waals surface area contributed by atoms with Gasteiger partial charge in [0, 0.05) is 18.0 Å². The Bertz CT molecular complexity index is 663. The summed E-state index contributed by atoms with van der Waals surface area (Å²) in [6.07, 6.45) is 1.10. The highest BCUT2D eigenvalue weighted by Crippen LogP contribution is 2.15. The molecule has 0 aromatic heterocycles. The van der Waals surface area contributed by atoms with Crippen molar-refractivity contribution in [2.24, 2.45) is 0 Å². The van der Waals surface area contributed by atoms with Crippen molar-refractivity contribution in [2.45, 2.75) is 32.9 Å². The number of thiocarbonyl (C=S) groups is 1. The molecule has 128 valence electrons. The van der Waals surface area contributed by atoms with Gasteiger partial charge in [0.05, 0.1) is 0 Å². The molecule has 0 saturated carbocycles. The average molecular weight is 359 g/mol. The molecule has 4 heteroatoms. The Balaban J connectivity index is 1.61. The van der Waals surface area contributed by atoms with Crippen LogP contribution in [0.2, 0.25) is 0 Å². The third kappa shape index (κ3) is 6.93. The molecule has 0 aliphatic rings. The van der Waals surface area contributed by atoms with Crippen LogP contribution in [0.5, 0.6) is 0 Å². The van der Waals surface area contributed by atoms with Gasteiger partial charge in [0.2, 0.25) is 0 Å². The van der Waals surface area contributed by atoms with Crippen LogP contribution in [0.3, 0.4) is 0 Å². The topological polar surface area (TPSA) is 24.1 Å². The SMILES string of the molecule is Cc1cccc(CSCCCNC(=S)Nc2cc(C)cc(C)c2)c1. The molecule has 0 fully saturated rings. The van der Waals surface area contributed by atoms with Crippen molar-refractivity contribution in [3.05, 3.63) is 64.7 Å². The highest BCUT2D eigenvalue weighted by molar-refractivity contribution is 7.98. The number of benzene rings is 2. The zero-order valence-corrected chi connectivity index (χ0v) is 16.3. The van der Waals surface area contributed by atoms with E-state index in [1.807, 2.05) is 11.8 Å². The first-order valence-electron chi connectivity index (χ1n) is 8.29. The van der Waals surface area contributed by atoms with Crippen molar-refractivity contribution < 1.29 is 0 Å². The van der Waals surface area contributed by atoms with Crippen LogP contribution in [0, 0.1) is 20.8 Å². The Morgan fingerprint density at radius 2 is 1.75 bits per heavy atom. The molecule has 2 rings (SSSR count). The number of aryl methyl sites for hydroxylation is 3. The van der Waals surface area contributed by atoms with Crippen LogP contribution in [0.4, 0.5) is 5.69 Å². The van der Waals surface area contributed by atoms with Crippen molar-refractivity contribution in [3.8, 4) is 0 Å². The fraction of sp³-hybridized carbons (Fsp3) is 0.350. The van der Waals surface area contributed by atoms with Gasteiger partial charge in [-0.3, -0.25) is 0 Å². The zero-order chi connectivity index (χ0) is 17.4. The van der Waals surface area contributed by atoms with E-state index >= 15 is 0 Å². The van der Waals surface area contributed by atoms with Gasteiger partial charge in [-0.05, 0) is 74.0 Å². The van der Waals surface area contributed by atoms with Crippen molar-refractivity contribution in [3.63, 3.8) is 0 Å². The maximum atomic E-state index is 5.36. The third-order valence-corrected chi connectivity index (χ3v) is 4.94.